The summed E-state index contributed by atoms with van der Waals surface area (Å²) in [6, 6.07) is 13.5. The number of nitrogens with one attached hydrogen (secondary N) is 1. The minimum Gasteiger partial charge on any atom is -0.434 e. The lowest BCUT2D eigenvalue weighted by Gasteiger charge is -2.05. The average molecular weight is 314 g/mol. The molecule has 102 valence electrons. The summed E-state index contributed by atoms with van der Waals surface area (Å²) in [5.41, 5.74) is 3.56. The minimum atomic E-state index is 0.273. The van der Waals surface area contributed by atoms with Gasteiger partial charge in [-0.3, -0.25) is 0 Å². The number of rotatable bonds is 1. The highest BCUT2D eigenvalue weighted by Crippen LogP contribution is 2.28. The Morgan fingerprint density at radius 2 is 1.90 bits per heavy atom. The van der Waals surface area contributed by atoms with Crippen LogP contribution in [0.1, 0.15) is 0 Å². The maximum absolute atomic E-state index is 6.03. The molecule has 0 aromatic heterocycles. The molecule has 2 aromatic rings. The molecule has 0 saturated heterocycles. The first-order valence-corrected chi connectivity index (χ1v) is 7.04. The number of aromatic nitrogens is 3. The fourth-order valence-corrected chi connectivity index (χ4v) is 2.61. The van der Waals surface area contributed by atoms with E-state index < -0.39 is 0 Å². The normalized spacial score (nSPS) is 11.3. The highest BCUT2D eigenvalue weighted by atomic mass is 35.5. The van der Waals surface area contributed by atoms with Crippen LogP contribution in [0.2, 0.25) is 5.02 Å². The van der Waals surface area contributed by atoms with Gasteiger partial charge >= 0.3 is 0 Å². The molecular formula is C15H8ClN3OS. The molecule has 2 heterocycles. The van der Waals surface area contributed by atoms with Crippen molar-refractivity contribution in [3.8, 4) is 22.8 Å². The predicted molar refractivity (Wildman–Crippen MR) is 84.1 cm³/mol. The van der Waals surface area contributed by atoms with Crippen LogP contribution >= 0.6 is 23.8 Å². The summed E-state index contributed by atoms with van der Waals surface area (Å²) in [5, 5.41) is 0.698. The van der Waals surface area contributed by atoms with Crippen LogP contribution in [0.15, 0.2) is 46.9 Å². The second kappa shape index (κ2) is 4.65. The number of nitrogens with zero attached hydrogens (tertiary/aromatic N) is 2. The molecule has 4 rings (SSSR count). The van der Waals surface area contributed by atoms with E-state index in [0.717, 1.165) is 16.6 Å². The zero-order chi connectivity index (χ0) is 14.4. The lowest BCUT2D eigenvalue weighted by Crippen LogP contribution is -1.88. The quantitative estimate of drug-likeness (QED) is 0.517. The first kappa shape index (κ1) is 12.5. The molecule has 0 spiro atoms. The van der Waals surface area contributed by atoms with Crippen molar-refractivity contribution >= 4 is 34.9 Å². The molecule has 0 bridgehead atoms. The number of hydrogen-bond donors (Lipinski definition) is 1. The van der Waals surface area contributed by atoms with Gasteiger partial charge in [0.2, 0.25) is 4.77 Å². The van der Waals surface area contributed by atoms with Gasteiger partial charge in [0, 0.05) is 5.02 Å². The van der Waals surface area contributed by atoms with Gasteiger partial charge in [-0.15, -0.1) is 0 Å². The number of aromatic amines is 1. The topological polar surface area (TPSA) is 54.7 Å². The number of imidazole rings is 1. The summed E-state index contributed by atoms with van der Waals surface area (Å²) in [6.07, 6.45) is 0. The summed E-state index contributed by atoms with van der Waals surface area (Å²) in [5.74, 6) is 0.971. The van der Waals surface area contributed by atoms with Crippen LogP contribution in [0, 0.1) is 4.77 Å². The molecular weight excluding hydrogens is 306 g/mol. The highest BCUT2D eigenvalue weighted by molar-refractivity contribution is 7.71. The van der Waals surface area contributed by atoms with E-state index in [0.29, 0.717) is 22.3 Å². The molecule has 0 saturated carbocycles. The lowest BCUT2D eigenvalue weighted by molar-refractivity contribution is 0.596. The largest absolute Gasteiger partial charge is 0.434 e. The zero-order valence-corrected chi connectivity index (χ0v) is 12.2. The summed E-state index contributed by atoms with van der Waals surface area (Å²) in [6.45, 7) is 0. The van der Waals surface area contributed by atoms with Gasteiger partial charge in [0.25, 0.3) is 5.89 Å². The van der Waals surface area contributed by atoms with Crippen molar-refractivity contribution < 1.29 is 4.42 Å². The Bertz CT molecular complexity index is 992. The Kier molecular flexibility index (Phi) is 2.77. The first-order chi connectivity index (χ1) is 10.2. The molecule has 2 aromatic carbocycles. The number of halogens is 1. The van der Waals surface area contributed by atoms with Gasteiger partial charge in [0.15, 0.2) is 11.4 Å². The van der Waals surface area contributed by atoms with Crippen LogP contribution in [0.25, 0.3) is 33.9 Å². The third-order valence-corrected chi connectivity index (χ3v) is 3.62. The minimum absolute atomic E-state index is 0.273. The second-order valence-electron chi connectivity index (χ2n) is 4.61. The van der Waals surface area contributed by atoms with Crippen LogP contribution in [-0.4, -0.2) is 15.0 Å². The van der Waals surface area contributed by atoms with E-state index in [-0.39, 0.29) is 4.77 Å². The summed E-state index contributed by atoms with van der Waals surface area (Å²) in [7, 11) is 0. The van der Waals surface area contributed by atoms with Gasteiger partial charge in [-0.25, -0.2) is 0 Å². The van der Waals surface area contributed by atoms with Crippen molar-refractivity contribution in [3.05, 3.63) is 52.3 Å². The summed E-state index contributed by atoms with van der Waals surface area (Å²) >= 11 is 11.0. The van der Waals surface area contributed by atoms with Crippen molar-refractivity contribution in [1.29, 1.82) is 0 Å². The number of fused-ring (bicyclic) bond motifs is 2. The van der Waals surface area contributed by atoms with Gasteiger partial charge in [0.1, 0.15) is 0 Å². The van der Waals surface area contributed by atoms with Gasteiger partial charge in [-0.05, 0) is 47.6 Å². The number of H-pyrrole nitrogens is 1. The van der Waals surface area contributed by atoms with Gasteiger partial charge < -0.3 is 9.40 Å². The monoisotopic (exact) mass is 313 g/mol. The molecule has 2 aliphatic heterocycles. The second-order valence-corrected chi connectivity index (χ2v) is 5.41. The highest BCUT2D eigenvalue weighted by Gasteiger charge is 2.12. The molecule has 21 heavy (non-hydrogen) atoms. The standard InChI is InChI=1S/C15H8ClN3OS/c16-10-3-1-2-8(6-10)9-4-5-11-12(7-9)20-14-13(17-11)18-15(21)19-14/h1-7H,(H,17,18,21). The average Bonchev–Trinajstić information content (AvgIpc) is 2.83. The van der Waals surface area contributed by atoms with Gasteiger partial charge in [0.05, 0.1) is 5.52 Å². The Hall–Kier alpha value is -2.24. The fourth-order valence-electron chi connectivity index (χ4n) is 2.25. The van der Waals surface area contributed by atoms with E-state index >= 15 is 0 Å². The first-order valence-electron chi connectivity index (χ1n) is 6.26. The molecule has 2 aliphatic rings. The Balaban J connectivity index is 1.95. The molecule has 6 heteroatoms. The van der Waals surface area contributed by atoms with E-state index in [2.05, 4.69) is 15.0 Å². The van der Waals surface area contributed by atoms with E-state index in [1.807, 2.05) is 42.5 Å². The van der Waals surface area contributed by atoms with E-state index in [1.54, 1.807) is 0 Å². The van der Waals surface area contributed by atoms with E-state index in [1.165, 1.54) is 0 Å². The van der Waals surface area contributed by atoms with Gasteiger partial charge in [-0.1, -0.05) is 29.8 Å². The summed E-state index contributed by atoms with van der Waals surface area (Å²) in [4.78, 5) is 11.3. The molecule has 1 N–H and O–H groups in total. The molecule has 0 fully saturated rings. The molecule has 0 aliphatic carbocycles. The van der Waals surface area contributed by atoms with Gasteiger partial charge in [-0.2, -0.15) is 9.97 Å². The van der Waals surface area contributed by atoms with Crippen LogP contribution < -0.4 is 0 Å². The van der Waals surface area contributed by atoms with Crippen molar-refractivity contribution in [2.24, 2.45) is 0 Å². The maximum Gasteiger partial charge on any atom is 0.266 e. The Labute approximate surface area is 129 Å². The Morgan fingerprint density at radius 1 is 1.05 bits per heavy atom. The van der Waals surface area contributed by atoms with Crippen molar-refractivity contribution in [2.75, 3.05) is 0 Å². The Morgan fingerprint density at radius 3 is 2.76 bits per heavy atom. The summed E-state index contributed by atoms with van der Waals surface area (Å²) < 4.78 is 6.03. The molecule has 0 amide bonds. The predicted octanol–water partition coefficient (Wildman–Crippen LogP) is 4.71. The van der Waals surface area contributed by atoms with Crippen molar-refractivity contribution in [1.82, 2.24) is 15.0 Å². The smallest absolute Gasteiger partial charge is 0.266 e. The van der Waals surface area contributed by atoms with Crippen LogP contribution in [0.5, 0.6) is 0 Å². The lowest BCUT2D eigenvalue weighted by atomic mass is 10.1. The maximum atomic E-state index is 6.03. The third-order valence-electron chi connectivity index (χ3n) is 3.21. The fraction of sp³-hybridized carbons (Fsp3) is 0. The van der Waals surface area contributed by atoms with Crippen LogP contribution in [0.4, 0.5) is 0 Å². The molecule has 0 unspecified atom stereocenters. The number of benzene rings is 2. The van der Waals surface area contributed by atoms with Crippen LogP contribution in [0.3, 0.4) is 0 Å². The number of hydrogen-bond acceptors (Lipinski definition) is 4. The van der Waals surface area contributed by atoms with E-state index in [9.17, 15) is 0 Å². The molecule has 4 nitrogen and oxygen atoms in total. The van der Waals surface area contributed by atoms with E-state index in [4.69, 9.17) is 28.2 Å². The molecule has 0 radical (unpaired) electrons. The SMILES string of the molecule is S=c1nc2[nH]c3ccc(-c4cccc(Cl)c4)cc3oc-2n1. The molecule has 0 atom stereocenters. The third kappa shape index (κ3) is 2.20. The zero-order valence-electron chi connectivity index (χ0n) is 10.6. The van der Waals surface area contributed by atoms with Crippen molar-refractivity contribution in [2.45, 2.75) is 0 Å². The van der Waals surface area contributed by atoms with Crippen LogP contribution in [-0.2, 0) is 0 Å². The van der Waals surface area contributed by atoms with Crippen molar-refractivity contribution in [3.63, 3.8) is 0 Å².